The van der Waals surface area contributed by atoms with Crippen LogP contribution in [0.1, 0.15) is 20.3 Å². The van der Waals surface area contributed by atoms with Gasteiger partial charge in [0.05, 0.1) is 13.2 Å². The first-order valence-electron chi connectivity index (χ1n) is 4.25. The molecule has 5 heteroatoms. The van der Waals surface area contributed by atoms with E-state index < -0.39 is 12.0 Å². The lowest BCUT2D eigenvalue weighted by Crippen LogP contribution is -2.41. The molecule has 1 N–H and O–H groups in total. The Labute approximate surface area is 83.0 Å². The van der Waals surface area contributed by atoms with Gasteiger partial charge in [-0.25, -0.2) is 4.79 Å². The molecule has 0 heterocycles. The average Bonchev–Trinajstić information content (AvgIpc) is 2.14. The summed E-state index contributed by atoms with van der Waals surface area (Å²) in [6.45, 7) is 2.99. The molecule has 78 valence electrons. The molecule has 0 aliphatic rings. The Bertz CT molecular complexity index is 257. The first-order chi connectivity index (χ1) is 6.51. The van der Waals surface area contributed by atoms with Crippen molar-refractivity contribution >= 4 is 11.9 Å². The fourth-order valence-electron chi connectivity index (χ4n) is 1.01. The Morgan fingerprint density at radius 2 is 2.14 bits per heavy atom. The van der Waals surface area contributed by atoms with Crippen molar-refractivity contribution < 1.29 is 14.3 Å². The van der Waals surface area contributed by atoms with Gasteiger partial charge in [-0.15, -0.1) is 0 Å². The number of esters is 1. The van der Waals surface area contributed by atoms with Gasteiger partial charge in [0.1, 0.15) is 6.04 Å². The molecule has 0 fully saturated rings. The normalized spacial score (nSPS) is 13.6. The van der Waals surface area contributed by atoms with Crippen LogP contribution in [-0.4, -0.2) is 25.0 Å². The summed E-state index contributed by atoms with van der Waals surface area (Å²) in [7, 11) is 1.24. The number of rotatable bonds is 4. The van der Waals surface area contributed by atoms with E-state index in [0.717, 1.165) is 0 Å². The number of nitrogens with one attached hydrogen (secondary N) is 1. The number of nitrogens with zero attached hydrogens (tertiary/aromatic N) is 1. The van der Waals surface area contributed by atoms with Gasteiger partial charge >= 0.3 is 5.97 Å². The van der Waals surface area contributed by atoms with E-state index in [1.165, 1.54) is 14.0 Å². The zero-order valence-electron chi connectivity index (χ0n) is 8.53. The summed E-state index contributed by atoms with van der Waals surface area (Å²) in [5, 5.41) is 11.0. The third-order valence-corrected chi connectivity index (χ3v) is 1.67. The summed E-state index contributed by atoms with van der Waals surface area (Å²) >= 11 is 0. The SMILES string of the molecule is COC(=O)[C@H](C[C@H](C)C#N)NC(C)=O. The molecule has 0 aliphatic heterocycles. The Balaban J connectivity index is 4.33. The van der Waals surface area contributed by atoms with Gasteiger partial charge < -0.3 is 10.1 Å². The first-order valence-corrected chi connectivity index (χ1v) is 4.25. The molecule has 0 aromatic carbocycles. The Hall–Kier alpha value is -1.57. The zero-order chi connectivity index (χ0) is 11.1. The van der Waals surface area contributed by atoms with Crippen LogP contribution in [0, 0.1) is 17.2 Å². The van der Waals surface area contributed by atoms with Gasteiger partial charge in [-0.05, 0) is 13.3 Å². The molecular formula is C9H14N2O3. The van der Waals surface area contributed by atoms with Crippen molar-refractivity contribution in [2.45, 2.75) is 26.3 Å². The Morgan fingerprint density at radius 3 is 2.50 bits per heavy atom. The van der Waals surface area contributed by atoms with E-state index in [2.05, 4.69) is 10.1 Å². The van der Waals surface area contributed by atoms with Crippen molar-refractivity contribution in [3.63, 3.8) is 0 Å². The predicted molar refractivity (Wildman–Crippen MR) is 49.0 cm³/mol. The predicted octanol–water partition coefficient (Wildman–Crippen LogP) is 0.214. The highest BCUT2D eigenvalue weighted by Gasteiger charge is 2.22. The highest BCUT2D eigenvalue weighted by molar-refractivity contribution is 5.83. The van der Waals surface area contributed by atoms with Gasteiger partial charge in [-0.2, -0.15) is 5.26 Å². The van der Waals surface area contributed by atoms with Gasteiger partial charge in [0.25, 0.3) is 0 Å². The minimum Gasteiger partial charge on any atom is -0.467 e. The van der Waals surface area contributed by atoms with Crippen molar-refractivity contribution in [1.29, 1.82) is 5.26 Å². The molecule has 0 unspecified atom stereocenters. The Kier molecular flexibility index (Phi) is 5.30. The second-order valence-corrected chi connectivity index (χ2v) is 3.04. The van der Waals surface area contributed by atoms with Gasteiger partial charge in [-0.3, -0.25) is 4.79 Å². The third-order valence-electron chi connectivity index (χ3n) is 1.67. The molecule has 0 rings (SSSR count). The number of nitriles is 1. The fourth-order valence-corrected chi connectivity index (χ4v) is 1.01. The van der Waals surface area contributed by atoms with Crippen LogP contribution in [0.5, 0.6) is 0 Å². The highest BCUT2D eigenvalue weighted by Crippen LogP contribution is 2.05. The zero-order valence-corrected chi connectivity index (χ0v) is 8.53. The van der Waals surface area contributed by atoms with Crippen molar-refractivity contribution in [3.8, 4) is 6.07 Å². The number of amides is 1. The number of carbonyl (C=O) groups is 2. The molecule has 0 radical (unpaired) electrons. The van der Waals surface area contributed by atoms with Crippen LogP contribution in [0.25, 0.3) is 0 Å². The van der Waals surface area contributed by atoms with Crippen LogP contribution in [0.2, 0.25) is 0 Å². The maximum absolute atomic E-state index is 11.2. The standard InChI is InChI=1S/C9H14N2O3/c1-6(5-10)4-8(9(13)14-3)11-7(2)12/h6,8H,4H2,1-3H3,(H,11,12)/t6-,8-/m0/s1. The van der Waals surface area contributed by atoms with Crippen LogP contribution in [0.15, 0.2) is 0 Å². The van der Waals surface area contributed by atoms with Gasteiger partial charge in [0, 0.05) is 12.8 Å². The topological polar surface area (TPSA) is 79.2 Å². The van der Waals surface area contributed by atoms with E-state index in [0.29, 0.717) is 0 Å². The summed E-state index contributed by atoms with van der Waals surface area (Å²) < 4.78 is 4.50. The first kappa shape index (κ1) is 12.4. The molecule has 0 aromatic rings. The molecule has 5 nitrogen and oxygen atoms in total. The lowest BCUT2D eigenvalue weighted by molar-refractivity contribution is -0.145. The van der Waals surface area contributed by atoms with Crippen molar-refractivity contribution in [2.75, 3.05) is 7.11 Å². The molecule has 1 amide bonds. The molecule has 0 aliphatic carbocycles. The minimum atomic E-state index is -0.729. The number of hydrogen-bond donors (Lipinski definition) is 1. The maximum atomic E-state index is 11.2. The molecule has 2 atom stereocenters. The number of methoxy groups -OCH3 is 1. The monoisotopic (exact) mass is 198 g/mol. The van der Waals surface area contributed by atoms with Crippen molar-refractivity contribution in [3.05, 3.63) is 0 Å². The van der Waals surface area contributed by atoms with Crippen LogP contribution in [-0.2, 0) is 14.3 Å². The molecular weight excluding hydrogens is 184 g/mol. The summed E-state index contributed by atoms with van der Waals surface area (Å²) in [6, 6.07) is 1.26. The number of hydrogen-bond acceptors (Lipinski definition) is 4. The van der Waals surface area contributed by atoms with Crippen LogP contribution < -0.4 is 5.32 Å². The molecule has 0 bridgehead atoms. The summed E-state index contributed by atoms with van der Waals surface area (Å²) in [6.07, 6.45) is 0.267. The smallest absolute Gasteiger partial charge is 0.328 e. The molecule has 14 heavy (non-hydrogen) atoms. The van der Waals surface area contributed by atoms with Crippen molar-refractivity contribution in [1.82, 2.24) is 5.32 Å². The van der Waals surface area contributed by atoms with E-state index in [4.69, 9.17) is 5.26 Å². The van der Waals surface area contributed by atoms with E-state index in [-0.39, 0.29) is 18.2 Å². The van der Waals surface area contributed by atoms with Gasteiger partial charge in [0.15, 0.2) is 0 Å². The third kappa shape index (κ3) is 4.45. The highest BCUT2D eigenvalue weighted by atomic mass is 16.5. The van der Waals surface area contributed by atoms with Gasteiger partial charge in [-0.1, -0.05) is 0 Å². The van der Waals surface area contributed by atoms with Gasteiger partial charge in [0.2, 0.25) is 5.91 Å². The summed E-state index contributed by atoms with van der Waals surface area (Å²) in [4.78, 5) is 21.9. The minimum absolute atomic E-state index is 0.267. The molecule has 0 saturated heterocycles. The average molecular weight is 198 g/mol. The molecule has 0 saturated carbocycles. The summed E-state index contributed by atoms with van der Waals surface area (Å²) in [5.41, 5.74) is 0. The Morgan fingerprint density at radius 1 is 1.57 bits per heavy atom. The second-order valence-electron chi connectivity index (χ2n) is 3.04. The van der Waals surface area contributed by atoms with Crippen LogP contribution >= 0.6 is 0 Å². The lowest BCUT2D eigenvalue weighted by atomic mass is 10.0. The maximum Gasteiger partial charge on any atom is 0.328 e. The lowest BCUT2D eigenvalue weighted by Gasteiger charge is -2.15. The largest absolute Gasteiger partial charge is 0.467 e. The van der Waals surface area contributed by atoms with Crippen LogP contribution in [0.4, 0.5) is 0 Å². The van der Waals surface area contributed by atoms with E-state index in [9.17, 15) is 9.59 Å². The fraction of sp³-hybridized carbons (Fsp3) is 0.667. The second kappa shape index (κ2) is 5.97. The quantitative estimate of drug-likeness (QED) is 0.655. The number of ether oxygens (including phenoxy) is 1. The summed E-state index contributed by atoms with van der Waals surface area (Å²) in [5.74, 6) is -1.14. The van der Waals surface area contributed by atoms with Crippen LogP contribution in [0.3, 0.4) is 0 Å². The molecule has 0 aromatic heterocycles. The van der Waals surface area contributed by atoms with E-state index >= 15 is 0 Å². The van der Waals surface area contributed by atoms with Crippen molar-refractivity contribution in [2.24, 2.45) is 5.92 Å². The molecule has 0 spiro atoms. The van der Waals surface area contributed by atoms with E-state index in [1.807, 2.05) is 6.07 Å². The van der Waals surface area contributed by atoms with E-state index in [1.54, 1.807) is 6.92 Å². The number of carbonyl (C=O) groups excluding carboxylic acids is 2.